The SMILES string of the molecule is C1CCCCC1.CCCCCCCCCCCCCCCCO.CCCOCCC. The summed E-state index contributed by atoms with van der Waals surface area (Å²) in [4.78, 5) is 0. The molecule has 0 saturated heterocycles. The van der Waals surface area contributed by atoms with Crippen LogP contribution in [0.5, 0.6) is 0 Å². The zero-order chi connectivity index (χ0) is 22.4. The fourth-order valence-electron chi connectivity index (χ4n) is 3.76. The molecule has 30 heavy (non-hydrogen) atoms. The van der Waals surface area contributed by atoms with Crippen molar-refractivity contribution < 1.29 is 9.84 Å². The molecule has 1 saturated carbocycles. The van der Waals surface area contributed by atoms with Gasteiger partial charge in [-0.2, -0.15) is 0 Å². The molecule has 2 nitrogen and oxygen atoms in total. The maximum Gasteiger partial charge on any atom is 0.0463 e. The number of hydrogen-bond donors (Lipinski definition) is 1. The third kappa shape index (κ3) is 35.4. The Balaban J connectivity index is 0. The maximum absolute atomic E-state index is 8.64. The van der Waals surface area contributed by atoms with Crippen LogP contribution in [0.4, 0.5) is 0 Å². The van der Waals surface area contributed by atoms with E-state index in [4.69, 9.17) is 9.84 Å². The molecule has 1 fully saturated rings. The smallest absolute Gasteiger partial charge is 0.0463 e. The third-order valence-corrected chi connectivity index (χ3v) is 5.71. The maximum atomic E-state index is 8.64. The molecular weight excluding hydrogens is 368 g/mol. The number of ether oxygens (including phenoxy) is 1. The van der Waals surface area contributed by atoms with Crippen molar-refractivity contribution in [2.45, 2.75) is 162 Å². The van der Waals surface area contributed by atoms with Gasteiger partial charge in [0, 0.05) is 19.8 Å². The van der Waals surface area contributed by atoms with Crippen LogP contribution >= 0.6 is 0 Å². The van der Waals surface area contributed by atoms with Gasteiger partial charge in [0.15, 0.2) is 0 Å². The lowest BCUT2D eigenvalue weighted by Crippen LogP contribution is -1.92. The molecule has 0 radical (unpaired) electrons. The fourth-order valence-corrected chi connectivity index (χ4v) is 3.76. The Bertz CT molecular complexity index is 222. The summed E-state index contributed by atoms with van der Waals surface area (Å²) >= 11 is 0. The summed E-state index contributed by atoms with van der Waals surface area (Å²) in [6, 6.07) is 0. The second kappa shape index (κ2) is 33.6. The molecule has 0 aromatic carbocycles. The van der Waals surface area contributed by atoms with E-state index in [1.807, 2.05) is 0 Å². The largest absolute Gasteiger partial charge is 0.396 e. The Hall–Kier alpha value is -0.0800. The van der Waals surface area contributed by atoms with Gasteiger partial charge < -0.3 is 9.84 Å². The van der Waals surface area contributed by atoms with Crippen molar-refractivity contribution in [3.05, 3.63) is 0 Å². The molecule has 2 heteroatoms. The molecule has 0 spiro atoms. The number of aliphatic hydroxyl groups excluding tert-OH is 1. The summed E-state index contributed by atoms with van der Waals surface area (Å²) in [6.45, 7) is 8.74. The van der Waals surface area contributed by atoms with Crippen molar-refractivity contribution in [1.82, 2.24) is 0 Å². The average Bonchev–Trinajstić information content (AvgIpc) is 2.79. The zero-order valence-electron chi connectivity index (χ0n) is 21.5. The van der Waals surface area contributed by atoms with Crippen molar-refractivity contribution in [2.24, 2.45) is 0 Å². The van der Waals surface area contributed by atoms with E-state index < -0.39 is 0 Å². The van der Waals surface area contributed by atoms with Gasteiger partial charge in [-0.1, -0.05) is 143 Å². The Labute approximate surface area is 192 Å². The molecule has 0 aromatic heterocycles. The van der Waals surface area contributed by atoms with E-state index in [2.05, 4.69) is 20.8 Å². The highest BCUT2D eigenvalue weighted by molar-refractivity contribution is 4.51. The molecule has 1 aliphatic carbocycles. The predicted molar refractivity (Wildman–Crippen MR) is 137 cm³/mol. The molecule has 1 rings (SSSR count). The quantitative estimate of drug-likeness (QED) is 0.220. The Morgan fingerprint density at radius 2 is 0.733 bits per heavy atom. The number of aliphatic hydroxyl groups is 1. The summed E-state index contributed by atoms with van der Waals surface area (Å²) in [6.07, 6.45) is 30.5. The first kappa shape index (κ1) is 32.1. The Kier molecular flexibility index (Phi) is 35.9. The van der Waals surface area contributed by atoms with Crippen LogP contribution in [0.2, 0.25) is 0 Å². The molecule has 0 bridgehead atoms. The van der Waals surface area contributed by atoms with Gasteiger partial charge in [0.1, 0.15) is 0 Å². The van der Waals surface area contributed by atoms with Gasteiger partial charge in [0.05, 0.1) is 0 Å². The van der Waals surface area contributed by atoms with Crippen molar-refractivity contribution in [3.63, 3.8) is 0 Å². The van der Waals surface area contributed by atoms with Crippen LogP contribution in [0.15, 0.2) is 0 Å². The summed E-state index contributed by atoms with van der Waals surface area (Å²) in [5.74, 6) is 0. The first-order valence-electron chi connectivity index (χ1n) is 14.0. The normalized spacial score (nSPS) is 13.2. The van der Waals surface area contributed by atoms with Crippen molar-refractivity contribution in [2.75, 3.05) is 19.8 Å². The monoisotopic (exact) mass is 428 g/mol. The lowest BCUT2D eigenvalue weighted by atomic mass is 10.0. The molecule has 1 aliphatic rings. The lowest BCUT2D eigenvalue weighted by molar-refractivity contribution is 0.135. The predicted octanol–water partition coefficient (Wildman–Crippen LogP) is 9.62. The van der Waals surface area contributed by atoms with E-state index >= 15 is 0 Å². The van der Waals surface area contributed by atoms with Gasteiger partial charge in [-0.15, -0.1) is 0 Å². The minimum Gasteiger partial charge on any atom is -0.396 e. The van der Waals surface area contributed by atoms with E-state index in [1.165, 1.54) is 122 Å². The van der Waals surface area contributed by atoms with Gasteiger partial charge in [-0.25, -0.2) is 0 Å². The van der Waals surface area contributed by atoms with Crippen LogP contribution in [0.25, 0.3) is 0 Å². The molecule has 1 N–H and O–H groups in total. The molecule has 0 heterocycles. The van der Waals surface area contributed by atoms with E-state index in [0.29, 0.717) is 6.61 Å². The number of unbranched alkanes of at least 4 members (excludes halogenated alkanes) is 13. The van der Waals surface area contributed by atoms with Crippen LogP contribution in [0.3, 0.4) is 0 Å². The highest BCUT2D eigenvalue weighted by Gasteiger charge is 1.95. The summed E-state index contributed by atoms with van der Waals surface area (Å²) in [5.41, 5.74) is 0. The standard InChI is InChI=1S/C16H34O.C6H14O.C6H12/c1-2-3-4-5-6-7-8-9-10-11-12-13-14-15-16-17;1-3-5-7-6-4-2;1-2-4-6-5-3-1/h17H,2-16H2,1H3;3-6H2,1-2H3;1-6H2. The molecule has 0 atom stereocenters. The van der Waals surface area contributed by atoms with Crippen molar-refractivity contribution >= 4 is 0 Å². The van der Waals surface area contributed by atoms with Crippen LogP contribution in [0, 0.1) is 0 Å². The van der Waals surface area contributed by atoms with Crippen LogP contribution in [-0.4, -0.2) is 24.9 Å². The average molecular weight is 429 g/mol. The van der Waals surface area contributed by atoms with E-state index in [9.17, 15) is 0 Å². The third-order valence-electron chi connectivity index (χ3n) is 5.71. The van der Waals surface area contributed by atoms with Gasteiger partial charge in [-0.3, -0.25) is 0 Å². The number of hydrogen-bond acceptors (Lipinski definition) is 2. The zero-order valence-corrected chi connectivity index (χ0v) is 21.5. The molecule has 0 unspecified atom stereocenters. The highest BCUT2D eigenvalue weighted by atomic mass is 16.5. The summed E-state index contributed by atoms with van der Waals surface area (Å²) in [7, 11) is 0. The van der Waals surface area contributed by atoms with Gasteiger partial charge in [-0.05, 0) is 19.3 Å². The molecule has 0 aromatic rings. The number of rotatable bonds is 18. The van der Waals surface area contributed by atoms with Crippen LogP contribution < -0.4 is 0 Å². The van der Waals surface area contributed by atoms with E-state index in [0.717, 1.165) is 32.5 Å². The first-order chi connectivity index (χ1) is 14.8. The second-order valence-corrected chi connectivity index (χ2v) is 9.05. The fraction of sp³-hybridized carbons (Fsp3) is 1.00. The minimum absolute atomic E-state index is 0.373. The summed E-state index contributed by atoms with van der Waals surface area (Å²) < 4.78 is 5.13. The second-order valence-electron chi connectivity index (χ2n) is 9.05. The van der Waals surface area contributed by atoms with Gasteiger partial charge in [0.25, 0.3) is 0 Å². The van der Waals surface area contributed by atoms with Crippen LogP contribution in [0.1, 0.15) is 162 Å². The Morgan fingerprint density at radius 1 is 0.433 bits per heavy atom. The molecule has 0 amide bonds. The lowest BCUT2D eigenvalue weighted by Gasteiger charge is -2.05. The summed E-state index contributed by atoms with van der Waals surface area (Å²) in [5, 5.41) is 8.64. The molecule has 184 valence electrons. The minimum atomic E-state index is 0.373. The van der Waals surface area contributed by atoms with Crippen molar-refractivity contribution in [3.8, 4) is 0 Å². The molecular formula is C28H60O2. The van der Waals surface area contributed by atoms with E-state index in [1.54, 1.807) is 0 Å². The van der Waals surface area contributed by atoms with Crippen LogP contribution in [-0.2, 0) is 4.74 Å². The Morgan fingerprint density at radius 3 is 1.00 bits per heavy atom. The van der Waals surface area contributed by atoms with Gasteiger partial charge in [0.2, 0.25) is 0 Å². The topological polar surface area (TPSA) is 29.5 Å². The van der Waals surface area contributed by atoms with Gasteiger partial charge >= 0.3 is 0 Å². The van der Waals surface area contributed by atoms with E-state index in [-0.39, 0.29) is 0 Å². The highest BCUT2D eigenvalue weighted by Crippen LogP contribution is 2.15. The van der Waals surface area contributed by atoms with Crippen molar-refractivity contribution in [1.29, 1.82) is 0 Å². The first-order valence-corrected chi connectivity index (χ1v) is 14.0. The molecule has 0 aliphatic heterocycles.